The minimum absolute atomic E-state index is 0.0186. The van der Waals surface area contributed by atoms with Crippen molar-refractivity contribution in [2.75, 3.05) is 4.90 Å². The Kier molecular flexibility index (Phi) is 5.57. The molecule has 0 bridgehead atoms. The van der Waals surface area contributed by atoms with Crippen molar-refractivity contribution >= 4 is 39.4 Å². The van der Waals surface area contributed by atoms with E-state index in [1.54, 1.807) is 19.9 Å². The van der Waals surface area contributed by atoms with E-state index in [0.717, 1.165) is 0 Å². The van der Waals surface area contributed by atoms with Gasteiger partial charge in [-0.25, -0.2) is 9.18 Å². The van der Waals surface area contributed by atoms with Gasteiger partial charge in [0.1, 0.15) is 5.82 Å². The number of carbonyl (C=O) groups is 3. The molecule has 3 N–H and O–H groups in total. The van der Waals surface area contributed by atoms with Crippen LogP contribution in [-0.2, 0) is 9.59 Å². The number of carboxylic acid groups (broad SMARTS) is 1. The summed E-state index contributed by atoms with van der Waals surface area (Å²) in [6.45, 7) is 3.43. The first-order valence-corrected chi connectivity index (χ1v) is 9.53. The quantitative estimate of drug-likeness (QED) is 0.724. The number of hydrogen-bond donors (Lipinski definition) is 2. The number of nitrogens with zero attached hydrogens (tertiary/aromatic N) is 1. The fourth-order valence-electron chi connectivity index (χ4n) is 3.57. The molecule has 0 radical (unpaired) electrons. The van der Waals surface area contributed by atoms with Gasteiger partial charge in [0.2, 0.25) is 11.8 Å². The maximum absolute atomic E-state index is 13.2. The molecule has 1 atom stereocenters. The molecule has 3 rings (SSSR count). The number of anilines is 1. The summed E-state index contributed by atoms with van der Waals surface area (Å²) >= 11 is 3.34. The van der Waals surface area contributed by atoms with Gasteiger partial charge in [-0.2, -0.15) is 0 Å². The molecule has 0 unspecified atom stereocenters. The normalized spacial score (nSPS) is 16.6. The highest BCUT2D eigenvalue weighted by Gasteiger charge is 2.34. The van der Waals surface area contributed by atoms with Crippen molar-refractivity contribution in [2.24, 2.45) is 5.73 Å². The standard InChI is InChI=1S/C21H18BrFN2O4/c1-10-7-15(20(24)27)18(22)11(2)19(10)25-9-16(21(28)29)14(8-17(25)26)12-3-5-13(23)6-4-12/h3-7,9,14H,8H2,1-2H3,(H2,24,27)(H,28,29)/t14-/m0/s1. The summed E-state index contributed by atoms with van der Waals surface area (Å²) in [7, 11) is 0. The predicted octanol–water partition coefficient (Wildman–Crippen LogP) is 3.79. The second kappa shape index (κ2) is 7.79. The summed E-state index contributed by atoms with van der Waals surface area (Å²) < 4.78 is 13.7. The number of aryl methyl sites for hydroxylation is 1. The molecule has 0 spiro atoms. The molecule has 0 saturated heterocycles. The van der Waals surface area contributed by atoms with Gasteiger partial charge < -0.3 is 10.8 Å². The minimum atomic E-state index is -1.17. The van der Waals surface area contributed by atoms with E-state index < -0.39 is 23.6 Å². The summed E-state index contributed by atoms with van der Waals surface area (Å²) in [5, 5.41) is 9.73. The first-order chi connectivity index (χ1) is 13.6. The number of amides is 2. The molecule has 150 valence electrons. The monoisotopic (exact) mass is 460 g/mol. The van der Waals surface area contributed by atoms with E-state index in [4.69, 9.17) is 5.73 Å². The fourth-order valence-corrected chi connectivity index (χ4v) is 4.07. The van der Waals surface area contributed by atoms with E-state index in [2.05, 4.69) is 15.9 Å². The van der Waals surface area contributed by atoms with Gasteiger partial charge in [0.25, 0.3) is 0 Å². The van der Waals surface area contributed by atoms with Crippen LogP contribution >= 0.6 is 15.9 Å². The van der Waals surface area contributed by atoms with Crippen LogP contribution in [0.1, 0.15) is 39.4 Å². The van der Waals surface area contributed by atoms with Crippen LogP contribution in [0.15, 0.2) is 46.6 Å². The second-order valence-corrected chi connectivity index (χ2v) is 7.65. The molecule has 8 heteroatoms. The number of aliphatic carboxylic acids is 1. The second-order valence-electron chi connectivity index (χ2n) is 6.85. The molecule has 0 aliphatic carbocycles. The first-order valence-electron chi connectivity index (χ1n) is 8.73. The Morgan fingerprint density at radius 3 is 2.41 bits per heavy atom. The Balaban J connectivity index is 2.14. The summed E-state index contributed by atoms with van der Waals surface area (Å²) in [5.74, 6) is -3.22. The summed E-state index contributed by atoms with van der Waals surface area (Å²) in [5.41, 5.74) is 7.93. The topological polar surface area (TPSA) is 101 Å². The lowest BCUT2D eigenvalue weighted by Crippen LogP contribution is -2.35. The van der Waals surface area contributed by atoms with Gasteiger partial charge in [-0.15, -0.1) is 0 Å². The fraction of sp³-hybridized carbons (Fsp3) is 0.190. The van der Waals surface area contributed by atoms with Crippen LogP contribution in [0.5, 0.6) is 0 Å². The lowest BCUT2D eigenvalue weighted by Gasteiger charge is -2.32. The van der Waals surface area contributed by atoms with Gasteiger partial charge in [-0.05, 0) is 64.7 Å². The molecule has 1 aliphatic rings. The van der Waals surface area contributed by atoms with Crippen LogP contribution in [0.25, 0.3) is 0 Å². The third kappa shape index (κ3) is 3.80. The Hall–Kier alpha value is -3.00. The number of benzene rings is 2. The van der Waals surface area contributed by atoms with Gasteiger partial charge in [0.05, 0.1) is 16.8 Å². The van der Waals surface area contributed by atoms with Crippen molar-refractivity contribution in [1.29, 1.82) is 0 Å². The van der Waals surface area contributed by atoms with E-state index in [1.807, 2.05) is 0 Å². The average molecular weight is 461 g/mol. The van der Waals surface area contributed by atoms with Crippen LogP contribution < -0.4 is 10.6 Å². The van der Waals surface area contributed by atoms with E-state index >= 15 is 0 Å². The molecule has 0 fully saturated rings. The van der Waals surface area contributed by atoms with E-state index in [1.165, 1.54) is 35.4 Å². The summed E-state index contributed by atoms with van der Waals surface area (Å²) in [6.07, 6.45) is 1.21. The number of primary amides is 1. The SMILES string of the molecule is Cc1cc(C(N)=O)c(Br)c(C)c1N1C=C(C(=O)O)[C@H](c2ccc(F)cc2)CC1=O. The van der Waals surface area contributed by atoms with E-state index in [-0.39, 0.29) is 23.5 Å². The van der Waals surface area contributed by atoms with Crippen molar-refractivity contribution in [3.05, 3.63) is 74.6 Å². The molecule has 2 amide bonds. The smallest absolute Gasteiger partial charge is 0.333 e. The predicted molar refractivity (Wildman–Crippen MR) is 109 cm³/mol. The highest BCUT2D eigenvalue weighted by molar-refractivity contribution is 9.10. The van der Waals surface area contributed by atoms with Gasteiger partial charge >= 0.3 is 5.97 Å². The Bertz CT molecular complexity index is 1060. The Labute approximate surface area is 174 Å². The van der Waals surface area contributed by atoms with Crippen LogP contribution in [0.4, 0.5) is 10.1 Å². The number of halogens is 2. The molecule has 0 aromatic heterocycles. The van der Waals surface area contributed by atoms with Crippen LogP contribution in [0, 0.1) is 19.7 Å². The third-order valence-electron chi connectivity index (χ3n) is 4.97. The molecule has 1 aliphatic heterocycles. The molecule has 2 aromatic rings. The maximum Gasteiger partial charge on any atom is 0.333 e. The molecular weight excluding hydrogens is 443 g/mol. The largest absolute Gasteiger partial charge is 0.478 e. The lowest BCUT2D eigenvalue weighted by atomic mass is 9.85. The average Bonchev–Trinajstić information content (AvgIpc) is 2.66. The Morgan fingerprint density at radius 1 is 1.24 bits per heavy atom. The molecular formula is C21H18BrFN2O4. The summed E-state index contributed by atoms with van der Waals surface area (Å²) in [6, 6.07) is 6.99. The highest BCUT2D eigenvalue weighted by atomic mass is 79.9. The number of carbonyl (C=O) groups excluding carboxylic acids is 2. The van der Waals surface area contributed by atoms with Crippen LogP contribution in [0.2, 0.25) is 0 Å². The van der Waals surface area contributed by atoms with Gasteiger partial charge in [-0.1, -0.05) is 12.1 Å². The van der Waals surface area contributed by atoms with Gasteiger partial charge in [0, 0.05) is 23.0 Å². The zero-order valence-corrected chi connectivity index (χ0v) is 17.3. The van der Waals surface area contributed by atoms with Crippen molar-refractivity contribution in [3.63, 3.8) is 0 Å². The van der Waals surface area contributed by atoms with Crippen LogP contribution in [-0.4, -0.2) is 22.9 Å². The van der Waals surface area contributed by atoms with E-state index in [9.17, 15) is 23.9 Å². The van der Waals surface area contributed by atoms with Crippen molar-refractivity contribution < 1.29 is 23.9 Å². The zero-order valence-electron chi connectivity index (χ0n) is 15.7. The molecule has 0 saturated carbocycles. The number of nitrogens with two attached hydrogens (primary N) is 1. The summed E-state index contributed by atoms with van der Waals surface area (Å²) in [4.78, 5) is 37.8. The van der Waals surface area contributed by atoms with Crippen molar-refractivity contribution in [2.45, 2.75) is 26.2 Å². The van der Waals surface area contributed by atoms with Crippen molar-refractivity contribution in [1.82, 2.24) is 0 Å². The maximum atomic E-state index is 13.2. The number of hydrogen-bond acceptors (Lipinski definition) is 3. The van der Waals surface area contributed by atoms with E-state index in [0.29, 0.717) is 26.9 Å². The zero-order chi connectivity index (χ0) is 21.5. The lowest BCUT2D eigenvalue weighted by molar-refractivity contribution is -0.133. The first kappa shape index (κ1) is 20.7. The molecule has 2 aromatic carbocycles. The number of rotatable bonds is 4. The number of carboxylic acids is 1. The van der Waals surface area contributed by atoms with Gasteiger partial charge in [0.15, 0.2) is 0 Å². The van der Waals surface area contributed by atoms with Gasteiger partial charge in [-0.3, -0.25) is 14.5 Å². The highest BCUT2D eigenvalue weighted by Crippen LogP contribution is 2.39. The third-order valence-corrected chi connectivity index (χ3v) is 5.99. The molecule has 1 heterocycles. The molecule has 6 nitrogen and oxygen atoms in total. The molecule has 29 heavy (non-hydrogen) atoms. The Morgan fingerprint density at radius 2 is 1.86 bits per heavy atom. The minimum Gasteiger partial charge on any atom is -0.478 e. The van der Waals surface area contributed by atoms with Crippen LogP contribution in [0.3, 0.4) is 0 Å². The van der Waals surface area contributed by atoms with Crippen molar-refractivity contribution in [3.8, 4) is 0 Å².